The highest BCUT2D eigenvalue weighted by atomic mass is 32.2. The van der Waals surface area contributed by atoms with Gasteiger partial charge < -0.3 is 20.1 Å². The Labute approximate surface area is 293 Å². The molecule has 2 amide bonds. The molecule has 1 heterocycles. The highest BCUT2D eigenvalue weighted by molar-refractivity contribution is 7.99. The molecule has 4 aromatic rings. The number of alkyl halides is 3. The number of rotatable bonds is 11. The number of aliphatic hydroxyl groups excluding tert-OH is 1. The van der Waals surface area contributed by atoms with Gasteiger partial charge in [-0.1, -0.05) is 61.2 Å². The Morgan fingerprint density at radius 2 is 1.70 bits per heavy atom. The molecular weight excluding hydrogens is 670 g/mol. The number of amides is 2. The SMILES string of the molecule is CC(CO)N1C[C@@H](C)[C@@H](CN(C)Cc2ccc(Sc3ccccc3)cc2)Oc2c(NC(=O)Cc3ccc(C(F)(F)F)c(F)c3)cccc2C1=O. The van der Waals surface area contributed by atoms with Gasteiger partial charge in [0.2, 0.25) is 5.91 Å². The first-order chi connectivity index (χ1) is 23.8. The topological polar surface area (TPSA) is 82.1 Å². The maximum absolute atomic E-state index is 14.2. The summed E-state index contributed by atoms with van der Waals surface area (Å²) in [5, 5.41) is 12.7. The second-order valence-corrected chi connectivity index (χ2v) is 13.7. The molecule has 4 aromatic carbocycles. The first-order valence-corrected chi connectivity index (χ1v) is 17.0. The van der Waals surface area contributed by atoms with E-state index in [0.29, 0.717) is 31.8 Å². The van der Waals surface area contributed by atoms with E-state index in [0.717, 1.165) is 21.4 Å². The molecule has 7 nitrogen and oxygen atoms in total. The van der Waals surface area contributed by atoms with Crippen LogP contribution in [0.2, 0.25) is 0 Å². The third-order valence-electron chi connectivity index (χ3n) is 8.52. The monoisotopic (exact) mass is 709 g/mol. The van der Waals surface area contributed by atoms with Crippen LogP contribution < -0.4 is 10.1 Å². The lowest BCUT2D eigenvalue weighted by molar-refractivity contribution is -0.140. The van der Waals surface area contributed by atoms with Crippen LogP contribution in [-0.2, 0) is 23.9 Å². The summed E-state index contributed by atoms with van der Waals surface area (Å²) < 4.78 is 59.9. The summed E-state index contributed by atoms with van der Waals surface area (Å²) in [5.74, 6) is -2.53. The van der Waals surface area contributed by atoms with Gasteiger partial charge in [-0.15, -0.1) is 0 Å². The fourth-order valence-electron chi connectivity index (χ4n) is 5.81. The Hall–Kier alpha value is -4.39. The number of fused-ring (bicyclic) bond motifs is 1. The maximum Gasteiger partial charge on any atom is 0.419 e. The molecule has 0 aliphatic carbocycles. The molecule has 264 valence electrons. The van der Waals surface area contributed by atoms with Gasteiger partial charge >= 0.3 is 6.18 Å². The summed E-state index contributed by atoms with van der Waals surface area (Å²) in [7, 11) is 1.97. The molecule has 5 rings (SSSR count). The first-order valence-electron chi connectivity index (χ1n) is 16.2. The zero-order valence-corrected chi connectivity index (χ0v) is 28.7. The van der Waals surface area contributed by atoms with Crippen LogP contribution >= 0.6 is 11.8 Å². The average molecular weight is 710 g/mol. The van der Waals surface area contributed by atoms with Crippen LogP contribution in [0.1, 0.15) is 40.9 Å². The van der Waals surface area contributed by atoms with E-state index in [1.807, 2.05) is 32.2 Å². The largest absolute Gasteiger partial charge is 0.486 e. The Bertz CT molecular complexity index is 1790. The molecular formula is C38H39F4N3O4S. The van der Waals surface area contributed by atoms with Crippen LogP contribution in [-0.4, -0.2) is 65.6 Å². The molecule has 0 fully saturated rings. The maximum atomic E-state index is 14.2. The van der Waals surface area contributed by atoms with Crippen LogP contribution in [0.3, 0.4) is 0 Å². The average Bonchev–Trinajstić information content (AvgIpc) is 3.07. The molecule has 2 N–H and O–H groups in total. The number of hydrogen-bond acceptors (Lipinski definition) is 6. The van der Waals surface area contributed by atoms with Gasteiger partial charge in [-0.2, -0.15) is 13.2 Å². The fraction of sp³-hybridized carbons (Fsp3) is 0.316. The Kier molecular flexibility index (Phi) is 11.9. The lowest BCUT2D eigenvalue weighted by Crippen LogP contribution is -2.49. The minimum atomic E-state index is -4.86. The molecule has 0 spiro atoms. The highest BCUT2D eigenvalue weighted by Crippen LogP contribution is 2.36. The van der Waals surface area contributed by atoms with E-state index < -0.39 is 42.0 Å². The number of hydrogen-bond donors (Lipinski definition) is 2. The van der Waals surface area contributed by atoms with Gasteiger partial charge in [0.15, 0.2) is 5.75 Å². The van der Waals surface area contributed by atoms with Gasteiger partial charge in [0.1, 0.15) is 11.9 Å². The number of ether oxygens (including phenoxy) is 1. The van der Waals surface area contributed by atoms with Crippen molar-refractivity contribution in [3.63, 3.8) is 0 Å². The third-order valence-corrected chi connectivity index (χ3v) is 9.53. The fourth-order valence-corrected chi connectivity index (χ4v) is 6.65. The molecule has 0 saturated heterocycles. The molecule has 1 aliphatic heterocycles. The normalized spacial score (nSPS) is 17.1. The van der Waals surface area contributed by atoms with Gasteiger partial charge in [-0.25, -0.2) is 4.39 Å². The van der Waals surface area contributed by atoms with Crippen molar-refractivity contribution < 1.29 is 37.0 Å². The Balaban J connectivity index is 1.35. The molecule has 0 bridgehead atoms. The van der Waals surface area contributed by atoms with Crippen molar-refractivity contribution in [2.45, 2.75) is 54.9 Å². The number of anilines is 1. The van der Waals surface area contributed by atoms with Gasteiger partial charge in [0, 0.05) is 35.3 Å². The summed E-state index contributed by atoms with van der Waals surface area (Å²) >= 11 is 1.68. The molecule has 1 aliphatic rings. The van der Waals surface area contributed by atoms with Crippen LogP contribution in [0.5, 0.6) is 5.75 Å². The number of carbonyl (C=O) groups is 2. The van der Waals surface area contributed by atoms with Crippen molar-refractivity contribution in [1.29, 1.82) is 0 Å². The zero-order valence-electron chi connectivity index (χ0n) is 27.9. The molecule has 50 heavy (non-hydrogen) atoms. The van der Waals surface area contributed by atoms with Crippen molar-refractivity contribution in [2.24, 2.45) is 5.92 Å². The number of para-hydroxylation sites is 1. The summed E-state index contributed by atoms with van der Waals surface area (Å²) in [4.78, 5) is 32.9. The van der Waals surface area contributed by atoms with Gasteiger partial charge in [0.25, 0.3) is 5.91 Å². The van der Waals surface area contributed by atoms with E-state index in [2.05, 4.69) is 46.6 Å². The number of nitrogens with one attached hydrogen (secondary N) is 1. The number of halogens is 4. The van der Waals surface area contributed by atoms with Gasteiger partial charge in [-0.3, -0.25) is 14.5 Å². The molecule has 12 heteroatoms. The van der Waals surface area contributed by atoms with E-state index in [1.54, 1.807) is 41.8 Å². The molecule has 0 aromatic heterocycles. The van der Waals surface area contributed by atoms with Gasteiger partial charge in [0.05, 0.1) is 35.9 Å². The van der Waals surface area contributed by atoms with Crippen molar-refractivity contribution >= 4 is 29.3 Å². The van der Waals surface area contributed by atoms with Crippen LogP contribution in [0.15, 0.2) is 101 Å². The number of likely N-dealkylation sites (N-methyl/N-ethyl adjacent to an activating group) is 1. The second-order valence-electron chi connectivity index (χ2n) is 12.6. The summed E-state index contributed by atoms with van der Waals surface area (Å²) in [5.41, 5.74) is 0.116. The highest BCUT2D eigenvalue weighted by Gasteiger charge is 2.36. The second kappa shape index (κ2) is 16.1. The standard InChI is InChI=1S/C38H39F4N3O4S/c1-24-20-45(25(2)23-46)37(48)30-10-7-11-33(43-35(47)19-27-14-17-31(32(39)18-27)38(40,41)42)36(30)49-34(24)22-44(3)21-26-12-15-29(16-13-26)50-28-8-5-4-6-9-28/h4-18,24-25,34,46H,19-23H2,1-3H3,(H,43,47)/t24-,25?,34-/m1/s1. The summed E-state index contributed by atoms with van der Waals surface area (Å²) in [6, 6.07) is 25.0. The molecule has 1 unspecified atom stereocenters. The Morgan fingerprint density at radius 1 is 1.02 bits per heavy atom. The minimum absolute atomic E-state index is 0.0478. The van der Waals surface area contributed by atoms with E-state index in [1.165, 1.54) is 0 Å². The summed E-state index contributed by atoms with van der Waals surface area (Å²) in [6.45, 7) is 4.86. The molecule has 3 atom stereocenters. The minimum Gasteiger partial charge on any atom is -0.486 e. The molecule has 0 radical (unpaired) electrons. The van der Waals surface area contributed by atoms with Crippen LogP contribution in [0.25, 0.3) is 0 Å². The molecule has 0 saturated carbocycles. The zero-order chi connectivity index (χ0) is 36.0. The number of benzene rings is 4. The number of carbonyl (C=O) groups excluding carboxylic acids is 2. The Morgan fingerprint density at radius 3 is 2.36 bits per heavy atom. The van der Waals surface area contributed by atoms with E-state index >= 15 is 0 Å². The lowest BCUT2D eigenvalue weighted by atomic mass is 9.98. The lowest BCUT2D eigenvalue weighted by Gasteiger charge is -2.38. The smallest absolute Gasteiger partial charge is 0.419 e. The van der Waals surface area contributed by atoms with Crippen molar-refractivity contribution in [3.05, 3.63) is 119 Å². The van der Waals surface area contributed by atoms with E-state index in [9.17, 15) is 32.3 Å². The van der Waals surface area contributed by atoms with Gasteiger partial charge in [-0.05, 0) is 73.6 Å². The van der Waals surface area contributed by atoms with Crippen molar-refractivity contribution in [2.75, 3.05) is 32.1 Å². The van der Waals surface area contributed by atoms with Crippen molar-refractivity contribution in [3.8, 4) is 5.75 Å². The third kappa shape index (κ3) is 9.23. The predicted molar refractivity (Wildman–Crippen MR) is 185 cm³/mol. The van der Waals surface area contributed by atoms with Crippen LogP contribution in [0, 0.1) is 11.7 Å². The van der Waals surface area contributed by atoms with Crippen molar-refractivity contribution in [1.82, 2.24) is 9.80 Å². The quantitative estimate of drug-likeness (QED) is 0.157. The van der Waals surface area contributed by atoms with E-state index in [4.69, 9.17) is 4.74 Å². The number of aliphatic hydroxyl groups is 1. The summed E-state index contributed by atoms with van der Waals surface area (Å²) in [6.07, 6.45) is -5.72. The van der Waals surface area contributed by atoms with Crippen LogP contribution in [0.4, 0.5) is 23.2 Å². The number of nitrogens with zero attached hydrogens (tertiary/aromatic N) is 2. The predicted octanol–water partition coefficient (Wildman–Crippen LogP) is 7.53. The first kappa shape index (κ1) is 36.9. The van der Waals surface area contributed by atoms with E-state index in [-0.39, 0.29) is 41.0 Å².